The van der Waals surface area contributed by atoms with Crippen LogP contribution in [0.1, 0.15) is 35.2 Å². The highest BCUT2D eigenvalue weighted by Crippen LogP contribution is 2.24. The Morgan fingerprint density at radius 2 is 2.07 bits per heavy atom. The van der Waals surface area contributed by atoms with Crippen LogP contribution in [0.4, 0.5) is 17.3 Å². The SMILES string of the molecule is COC(=O)c1cnc(NCc2ccnc(N3CCCCC3)c2)c([N+](=O)[O-])c1. The van der Waals surface area contributed by atoms with Gasteiger partial charge in [0, 0.05) is 38.1 Å². The Hall–Kier alpha value is -3.23. The van der Waals surface area contributed by atoms with Crippen LogP contribution < -0.4 is 10.2 Å². The molecule has 0 radical (unpaired) electrons. The number of esters is 1. The van der Waals surface area contributed by atoms with E-state index < -0.39 is 10.9 Å². The lowest BCUT2D eigenvalue weighted by Gasteiger charge is -2.27. The van der Waals surface area contributed by atoms with Crippen LogP contribution in [0.3, 0.4) is 0 Å². The molecule has 27 heavy (non-hydrogen) atoms. The molecule has 1 aliphatic rings. The molecule has 142 valence electrons. The molecule has 0 saturated carbocycles. The molecule has 0 aliphatic carbocycles. The zero-order valence-electron chi connectivity index (χ0n) is 15.1. The Balaban J connectivity index is 1.74. The smallest absolute Gasteiger partial charge is 0.339 e. The van der Waals surface area contributed by atoms with Crippen molar-refractivity contribution < 1.29 is 14.5 Å². The monoisotopic (exact) mass is 371 g/mol. The van der Waals surface area contributed by atoms with Crippen molar-refractivity contribution in [2.45, 2.75) is 25.8 Å². The topological polar surface area (TPSA) is 110 Å². The van der Waals surface area contributed by atoms with Crippen molar-refractivity contribution in [2.24, 2.45) is 0 Å². The Labute approximate surface area is 156 Å². The van der Waals surface area contributed by atoms with Crippen molar-refractivity contribution in [1.82, 2.24) is 9.97 Å². The number of pyridine rings is 2. The third-order valence-electron chi connectivity index (χ3n) is 4.44. The van der Waals surface area contributed by atoms with Crippen molar-refractivity contribution in [3.05, 3.63) is 51.8 Å². The lowest BCUT2D eigenvalue weighted by molar-refractivity contribution is -0.384. The van der Waals surface area contributed by atoms with Gasteiger partial charge in [0.25, 0.3) is 0 Å². The van der Waals surface area contributed by atoms with Crippen LogP contribution in [0, 0.1) is 10.1 Å². The molecule has 9 nitrogen and oxygen atoms in total. The number of ether oxygens (including phenoxy) is 1. The summed E-state index contributed by atoms with van der Waals surface area (Å²) in [4.78, 5) is 33.0. The van der Waals surface area contributed by atoms with Gasteiger partial charge in [0.2, 0.25) is 5.82 Å². The minimum Gasteiger partial charge on any atom is -0.465 e. The lowest BCUT2D eigenvalue weighted by Crippen LogP contribution is -2.30. The normalized spacial score (nSPS) is 13.9. The Morgan fingerprint density at radius 3 is 2.78 bits per heavy atom. The summed E-state index contributed by atoms with van der Waals surface area (Å²) in [5.41, 5.74) is 0.702. The van der Waals surface area contributed by atoms with E-state index in [-0.39, 0.29) is 17.1 Å². The number of nitro groups is 1. The summed E-state index contributed by atoms with van der Waals surface area (Å²) in [5.74, 6) is 0.346. The van der Waals surface area contributed by atoms with Crippen molar-refractivity contribution >= 4 is 23.3 Å². The van der Waals surface area contributed by atoms with Crippen LogP contribution in [0.5, 0.6) is 0 Å². The van der Waals surface area contributed by atoms with Crippen molar-refractivity contribution in [3.8, 4) is 0 Å². The average molecular weight is 371 g/mol. The van der Waals surface area contributed by atoms with Gasteiger partial charge >= 0.3 is 11.7 Å². The van der Waals surface area contributed by atoms with Gasteiger partial charge in [-0.15, -0.1) is 0 Å². The first-order chi connectivity index (χ1) is 13.1. The van der Waals surface area contributed by atoms with Crippen molar-refractivity contribution in [3.63, 3.8) is 0 Å². The first-order valence-electron chi connectivity index (χ1n) is 8.75. The number of carbonyl (C=O) groups is 1. The van der Waals surface area contributed by atoms with Gasteiger partial charge in [0.15, 0.2) is 0 Å². The molecule has 0 spiro atoms. The first kappa shape index (κ1) is 18.6. The molecular formula is C18H21N5O4. The highest BCUT2D eigenvalue weighted by Gasteiger charge is 2.19. The molecule has 0 unspecified atom stereocenters. The molecule has 2 aromatic heterocycles. The van der Waals surface area contributed by atoms with E-state index in [0.29, 0.717) is 6.54 Å². The van der Waals surface area contributed by atoms with Crippen LogP contribution in [0.25, 0.3) is 0 Å². The van der Waals surface area contributed by atoms with Crippen LogP contribution in [0.15, 0.2) is 30.6 Å². The summed E-state index contributed by atoms with van der Waals surface area (Å²) < 4.78 is 4.58. The summed E-state index contributed by atoms with van der Waals surface area (Å²) >= 11 is 0. The highest BCUT2D eigenvalue weighted by molar-refractivity contribution is 5.90. The zero-order valence-corrected chi connectivity index (χ0v) is 15.1. The number of methoxy groups -OCH3 is 1. The van der Waals surface area contributed by atoms with Gasteiger partial charge in [-0.25, -0.2) is 14.8 Å². The fourth-order valence-corrected chi connectivity index (χ4v) is 3.01. The summed E-state index contributed by atoms with van der Waals surface area (Å²) in [5, 5.41) is 14.3. The minimum absolute atomic E-state index is 0.0334. The number of aromatic nitrogens is 2. The van der Waals surface area contributed by atoms with E-state index in [1.165, 1.54) is 19.7 Å². The van der Waals surface area contributed by atoms with Gasteiger partial charge in [0.05, 0.1) is 17.6 Å². The standard InChI is InChI=1S/C18H21N5O4/c1-27-18(24)14-10-15(23(25)26)17(21-12-14)20-11-13-5-6-19-16(9-13)22-7-3-2-4-8-22/h5-6,9-10,12H,2-4,7-8,11H2,1H3,(H,20,21). The Kier molecular flexibility index (Phi) is 5.80. The molecule has 1 saturated heterocycles. The van der Waals surface area contributed by atoms with E-state index in [1.54, 1.807) is 6.20 Å². The minimum atomic E-state index is -0.669. The third kappa shape index (κ3) is 4.49. The van der Waals surface area contributed by atoms with Gasteiger partial charge in [0.1, 0.15) is 5.82 Å². The molecular weight excluding hydrogens is 350 g/mol. The molecule has 3 heterocycles. The molecule has 1 aliphatic heterocycles. The number of anilines is 2. The molecule has 0 amide bonds. The van der Waals surface area contributed by atoms with E-state index in [4.69, 9.17) is 0 Å². The average Bonchev–Trinajstić information content (AvgIpc) is 2.72. The molecule has 9 heteroatoms. The number of nitrogens with zero attached hydrogens (tertiary/aromatic N) is 4. The van der Waals surface area contributed by atoms with E-state index in [9.17, 15) is 14.9 Å². The predicted octanol–water partition coefficient (Wildman–Crippen LogP) is 2.77. The largest absolute Gasteiger partial charge is 0.465 e. The van der Waals surface area contributed by atoms with Crippen molar-refractivity contribution in [1.29, 1.82) is 0 Å². The van der Waals surface area contributed by atoms with Crippen LogP contribution in [-0.4, -0.2) is 41.1 Å². The number of rotatable bonds is 6. The van der Waals surface area contributed by atoms with Gasteiger partial charge in [-0.1, -0.05) is 0 Å². The second-order valence-corrected chi connectivity index (χ2v) is 6.26. The maximum Gasteiger partial charge on any atom is 0.339 e. The second-order valence-electron chi connectivity index (χ2n) is 6.26. The molecule has 1 fully saturated rings. The van der Waals surface area contributed by atoms with Crippen LogP contribution >= 0.6 is 0 Å². The van der Waals surface area contributed by atoms with Crippen LogP contribution in [0.2, 0.25) is 0 Å². The summed E-state index contributed by atoms with van der Waals surface area (Å²) in [6, 6.07) is 4.99. The van der Waals surface area contributed by atoms with E-state index >= 15 is 0 Å². The molecule has 1 N–H and O–H groups in total. The maximum absolute atomic E-state index is 11.5. The second kappa shape index (κ2) is 8.43. The molecule has 3 rings (SSSR count). The highest BCUT2D eigenvalue weighted by atomic mass is 16.6. The summed E-state index contributed by atoms with van der Waals surface area (Å²) in [7, 11) is 1.21. The lowest BCUT2D eigenvalue weighted by atomic mass is 10.1. The van der Waals surface area contributed by atoms with Crippen LogP contribution in [-0.2, 0) is 11.3 Å². The summed E-state index contributed by atoms with van der Waals surface area (Å²) in [6.45, 7) is 2.34. The molecule has 0 atom stereocenters. The first-order valence-corrected chi connectivity index (χ1v) is 8.75. The predicted molar refractivity (Wildman–Crippen MR) is 99.9 cm³/mol. The Morgan fingerprint density at radius 1 is 1.30 bits per heavy atom. The molecule has 0 aromatic carbocycles. The van der Waals surface area contributed by atoms with Gasteiger partial charge in [-0.05, 0) is 37.0 Å². The van der Waals surface area contributed by atoms with E-state index in [0.717, 1.165) is 43.4 Å². The number of nitrogens with one attached hydrogen (secondary N) is 1. The van der Waals surface area contributed by atoms with Crippen molar-refractivity contribution in [2.75, 3.05) is 30.4 Å². The number of hydrogen-bond acceptors (Lipinski definition) is 8. The number of piperidine rings is 1. The van der Waals surface area contributed by atoms with Gasteiger partial charge in [-0.2, -0.15) is 0 Å². The zero-order chi connectivity index (χ0) is 19.2. The quantitative estimate of drug-likeness (QED) is 0.469. The molecule has 0 bridgehead atoms. The fraction of sp³-hybridized carbons (Fsp3) is 0.389. The maximum atomic E-state index is 11.5. The van der Waals surface area contributed by atoms with E-state index in [1.807, 2.05) is 12.1 Å². The number of carbonyl (C=O) groups excluding carboxylic acids is 1. The third-order valence-corrected chi connectivity index (χ3v) is 4.44. The van der Waals surface area contributed by atoms with Gasteiger partial charge < -0.3 is 15.0 Å². The summed E-state index contributed by atoms with van der Waals surface area (Å²) in [6.07, 6.45) is 6.56. The molecule has 2 aromatic rings. The van der Waals surface area contributed by atoms with Gasteiger partial charge in [-0.3, -0.25) is 10.1 Å². The van der Waals surface area contributed by atoms with E-state index in [2.05, 4.69) is 24.9 Å². The fourth-order valence-electron chi connectivity index (χ4n) is 3.01. The Bertz CT molecular complexity index is 836. The number of hydrogen-bond donors (Lipinski definition) is 1.